The predicted octanol–water partition coefficient (Wildman–Crippen LogP) is 2.77. The Balaban J connectivity index is 2.11. The van der Waals surface area contributed by atoms with E-state index in [1.807, 2.05) is 36.6 Å². The number of aliphatic hydroxyl groups is 1. The lowest BCUT2D eigenvalue weighted by Crippen LogP contribution is -2.20. The molecular formula is C16H13NO3S. The van der Waals surface area contributed by atoms with Crippen LogP contribution in [0.4, 0.5) is 0 Å². The highest BCUT2D eigenvalue weighted by molar-refractivity contribution is 7.10. The van der Waals surface area contributed by atoms with E-state index < -0.39 is 17.7 Å². The van der Waals surface area contributed by atoms with Crippen LogP contribution < -0.4 is 5.32 Å². The van der Waals surface area contributed by atoms with E-state index >= 15 is 0 Å². The Morgan fingerprint density at radius 1 is 1.19 bits per heavy atom. The molecule has 0 spiro atoms. The van der Waals surface area contributed by atoms with Gasteiger partial charge in [-0.15, -0.1) is 11.3 Å². The number of carbonyl (C=O) groups excluding carboxylic acids is 2. The lowest BCUT2D eigenvalue weighted by atomic mass is 10.00. The van der Waals surface area contributed by atoms with Gasteiger partial charge in [0.25, 0.3) is 11.7 Å². The maximum absolute atomic E-state index is 12.1. The standard InChI is InChI=1S/C16H13NO3S/c1-9-4-6-10(7-5-9)14(18)12-13(11-3-2-8-21-11)17-16(20)15(12)19/h2-8,13,18H,1H3,(H,17,20). The summed E-state index contributed by atoms with van der Waals surface area (Å²) in [4.78, 5) is 24.6. The fraction of sp³-hybridized carbons (Fsp3) is 0.125. The molecule has 2 N–H and O–H groups in total. The van der Waals surface area contributed by atoms with Crippen LogP contribution in [0.15, 0.2) is 47.4 Å². The molecule has 0 saturated carbocycles. The highest BCUT2D eigenvalue weighted by atomic mass is 32.1. The van der Waals surface area contributed by atoms with Crippen LogP contribution in [0.5, 0.6) is 0 Å². The maximum atomic E-state index is 12.1. The smallest absolute Gasteiger partial charge is 0.293 e. The number of aryl methyl sites for hydroxylation is 1. The van der Waals surface area contributed by atoms with Crippen LogP contribution in [0.1, 0.15) is 22.0 Å². The van der Waals surface area contributed by atoms with E-state index in [0.29, 0.717) is 5.56 Å². The van der Waals surface area contributed by atoms with Gasteiger partial charge in [-0.1, -0.05) is 35.9 Å². The Hall–Kier alpha value is -2.40. The first-order chi connectivity index (χ1) is 10.1. The van der Waals surface area contributed by atoms with Crippen molar-refractivity contribution in [2.45, 2.75) is 13.0 Å². The number of benzene rings is 1. The van der Waals surface area contributed by atoms with Crippen LogP contribution in [0.3, 0.4) is 0 Å². The van der Waals surface area contributed by atoms with Crippen LogP contribution in [-0.4, -0.2) is 16.8 Å². The summed E-state index contributed by atoms with van der Waals surface area (Å²) >= 11 is 1.43. The summed E-state index contributed by atoms with van der Waals surface area (Å²) in [6.45, 7) is 1.94. The molecule has 1 aromatic heterocycles. The van der Waals surface area contributed by atoms with Crippen molar-refractivity contribution in [2.75, 3.05) is 0 Å². The highest BCUT2D eigenvalue weighted by Crippen LogP contribution is 2.34. The van der Waals surface area contributed by atoms with Crippen molar-refractivity contribution < 1.29 is 14.7 Å². The summed E-state index contributed by atoms with van der Waals surface area (Å²) in [7, 11) is 0. The molecule has 1 aromatic carbocycles. The summed E-state index contributed by atoms with van der Waals surface area (Å²) in [5.41, 5.74) is 1.70. The molecule has 21 heavy (non-hydrogen) atoms. The number of Topliss-reactive ketones (excluding diaryl/α,β-unsaturated/α-hetero) is 1. The predicted molar refractivity (Wildman–Crippen MR) is 80.9 cm³/mol. The number of nitrogens with one attached hydrogen (secondary N) is 1. The number of hydrogen-bond donors (Lipinski definition) is 2. The van der Waals surface area contributed by atoms with E-state index in [-0.39, 0.29) is 11.3 Å². The van der Waals surface area contributed by atoms with Gasteiger partial charge in [0.05, 0.1) is 11.6 Å². The molecule has 2 heterocycles. The Morgan fingerprint density at radius 3 is 2.52 bits per heavy atom. The van der Waals surface area contributed by atoms with Gasteiger partial charge in [0.2, 0.25) is 0 Å². The Morgan fingerprint density at radius 2 is 1.90 bits per heavy atom. The van der Waals surface area contributed by atoms with Crippen molar-refractivity contribution in [3.8, 4) is 0 Å². The average molecular weight is 299 g/mol. The van der Waals surface area contributed by atoms with Crippen molar-refractivity contribution in [1.29, 1.82) is 0 Å². The summed E-state index contributed by atoms with van der Waals surface area (Å²) in [5.74, 6) is -1.50. The van der Waals surface area contributed by atoms with E-state index in [1.165, 1.54) is 11.3 Å². The minimum absolute atomic E-state index is 0.117. The van der Waals surface area contributed by atoms with E-state index in [4.69, 9.17) is 0 Å². The number of ketones is 1. The SMILES string of the molecule is Cc1ccc(C(O)=C2C(=O)C(=O)NC2c2cccs2)cc1. The number of rotatable bonds is 2. The second-order valence-corrected chi connectivity index (χ2v) is 5.86. The fourth-order valence-corrected chi connectivity index (χ4v) is 3.09. The second kappa shape index (κ2) is 5.18. The summed E-state index contributed by atoms with van der Waals surface area (Å²) in [6.07, 6.45) is 0. The van der Waals surface area contributed by atoms with Crippen LogP contribution in [-0.2, 0) is 9.59 Å². The van der Waals surface area contributed by atoms with E-state index in [9.17, 15) is 14.7 Å². The average Bonchev–Trinajstić information content (AvgIpc) is 3.09. The zero-order valence-corrected chi connectivity index (χ0v) is 12.1. The van der Waals surface area contributed by atoms with Gasteiger partial charge < -0.3 is 10.4 Å². The minimum atomic E-state index is -0.679. The fourth-order valence-electron chi connectivity index (χ4n) is 2.30. The van der Waals surface area contributed by atoms with E-state index in [0.717, 1.165) is 10.4 Å². The van der Waals surface area contributed by atoms with Crippen molar-refractivity contribution in [1.82, 2.24) is 5.32 Å². The third kappa shape index (κ3) is 2.36. The summed E-state index contributed by atoms with van der Waals surface area (Å²) in [6, 6.07) is 10.3. The van der Waals surface area contributed by atoms with Crippen LogP contribution >= 0.6 is 11.3 Å². The molecule has 1 atom stereocenters. The number of carbonyl (C=O) groups is 2. The molecule has 1 aliphatic heterocycles. The molecule has 1 aliphatic rings. The normalized spacial score (nSPS) is 20.5. The molecule has 1 unspecified atom stereocenters. The van der Waals surface area contributed by atoms with Crippen molar-refractivity contribution in [3.63, 3.8) is 0 Å². The number of amides is 1. The molecule has 106 valence electrons. The molecule has 5 heteroatoms. The lowest BCUT2D eigenvalue weighted by Gasteiger charge is -2.11. The molecule has 3 rings (SSSR count). The Labute approximate surface area is 125 Å². The third-order valence-corrected chi connectivity index (χ3v) is 4.36. The van der Waals surface area contributed by atoms with Gasteiger partial charge in [-0.2, -0.15) is 0 Å². The van der Waals surface area contributed by atoms with E-state index in [1.54, 1.807) is 12.1 Å². The molecule has 1 saturated heterocycles. The monoisotopic (exact) mass is 299 g/mol. The molecular weight excluding hydrogens is 286 g/mol. The first-order valence-corrected chi connectivity index (χ1v) is 7.34. The first-order valence-electron chi connectivity index (χ1n) is 6.46. The first kappa shape index (κ1) is 13.6. The third-order valence-electron chi connectivity index (χ3n) is 3.42. The molecule has 0 bridgehead atoms. The molecule has 1 fully saturated rings. The molecule has 0 aliphatic carbocycles. The van der Waals surface area contributed by atoms with Crippen molar-refractivity contribution in [3.05, 3.63) is 63.4 Å². The topological polar surface area (TPSA) is 66.4 Å². The van der Waals surface area contributed by atoms with Crippen LogP contribution in [0.25, 0.3) is 5.76 Å². The largest absolute Gasteiger partial charge is 0.507 e. The summed E-state index contributed by atoms with van der Waals surface area (Å²) in [5, 5.41) is 14.9. The Bertz CT molecular complexity index is 729. The zero-order valence-electron chi connectivity index (χ0n) is 11.3. The van der Waals surface area contributed by atoms with Gasteiger partial charge in [-0.25, -0.2) is 0 Å². The highest BCUT2D eigenvalue weighted by Gasteiger charge is 2.39. The van der Waals surface area contributed by atoms with Gasteiger partial charge in [0, 0.05) is 10.4 Å². The molecule has 4 nitrogen and oxygen atoms in total. The molecule has 0 radical (unpaired) electrons. The molecule has 1 amide bonds. The van der Waals surface area contributed by atoms with Gasteiger partial charge in [-0.05, 0) is 18.4 Å². The van der Waals surface area contributed by atoms with Gasteiger partial charge in [0.15, 0.2) is 0 Å². The van der Waals surface area contributed by atoms with Gasteiger partial charge in [-0.3, -0.25) is 9.59 Å². The van der Waals surface area contributed by atoms with Crippen LogP contribution in [0.2, 0.25) is 0 Å². The molecule has 2 aromatic rings. The maximum Gasteiger partial charge on any atom is 0.293 e. The lowest BCUT2D eigenvalue weighted by molar-refractivity contribution is -0.133. The van der Waals surface area contributed by atoms with Gasteiger partial charge in [0.1, 0.15) is 5.76 Å². The second-order valence-electron chi connectivity index (χ2n) is 4.88. The van der Waals surface area contributed by atoms with Crippen molar-refractivity contribution >= 4 is 28.8 Å². The van der Waals surface area contributed by atoms with E-state index in [2.05, 4.69) is 5.32 Å². The number of aliphatic hydroxyl groups excluding tert-OH is 1. The quantitative estimate of drug-likeness (QED) is 0.509. The summed E-state index contributed by atoms with van der Waals surface area (Å²) < 4.78 is 0. The number of thiophene rings is 1. The van der Waals surface area contributed by atoms with Crippen LogP contribution in [0, 0.1) is 6.92 Å². The number of hydrogen-bond acceptors (Lipinski definition) is 4. The van der Waals surface area contributed by atoms with Gasteiger partial charge >= 0.3 is 0 Å². The zero-order chi connectivity index (χ0) is 15.0. The Kier molecular flexibility index (Phi) is 3.35. The van der Waals surface area contributed by atoms with Crippen molar-refractivity contribution in [2.24, 2.45) is 0 Å². The minimum Gasteiger partial charge on any atom is -0.507 e.